The molecule has 0 amide bonds. The van der Waals surface area contributed by atoms with Gasteiger partial charge in [-0.1, -0.05) is 34.2 Å². The van der Waals surface area contributed by atoms with Crippen LogP contribution in [0.2, 0.25) is 0 Å². The molecule has 1 rings (SSSR count). The van der Waals surface area contributed by atoms with Crippen LogP contribution in [0.15, 0.2) is 35.3 Å². The van der Waals surface area contributed by atoms with Gasteiger partial charge in [0, 0.05) is 16.6 Å². The Morgan fingerprint density at radius 3 is 2.93 bits per heavy atom. The minimum Gasteiger partial charge on any atom is -0.372 e. The van der Waals surface area contributed by atoms with E-state index in [1.165, 1.54) is 6.07 Å². The van der Waals surface area contributed by atoms with Crippen LogP contribution in [0.4, 0.5) is 4.39 Å². The molecule has 0 bridgehead atoms. The summed E-state index contributed by atoms with van der Waals surface area (Å²) < 4.78 is 14.0. The summed E-state index contributed by atoms with van der Waals surface area (Å²) in [5.41, 5.74) is 0.407. The molecule has 4 heteroatoms. The van der Waals surface area contributed by atoms with Crippen molar-refractivity contribution in [3.63, 3.8) is 0 Å². The van der Waals surface area contributed by atoms with E-state index in [4.69, 9.17) is 12.2 Å². The molecule has 0 aliphatic heterocycles. The van der Waals surface area contributed by atoms with Crippen molar-refractivity contribution in [3.8, 4) is 0 Å². The summed E-state index contributed by atoms with van der Waals surface area (Å²) in [6.45, 7) is 4.08. The lowest BCUT2D eigenvalue weighted by atomic mass is 10.2. The summed E-state index contributed by atoms with van der Waals surface area (Å²) in [5, 5.41) is 2.87. The van der Waals surface area contributed by atoms with Gasteiger partial charge in [0.05, 0.1) is 0 Å². The molecular weight excluding hydrogens is 265 g/mol. The number of rotatable bonds is 3. The highest BCUT2D eigenvalue weighted by Crippen LogP contribution is 2.15. The van der Waals surface area contributed by atoms with Gasteiger partial charge in [0.1, 0.15) is 10.8 Å². The molecule has 0 saturated carbocycles. The molecule has 0 heterocycles. The van der Waals surface area contributed by atoms with Crippen molar-refractivity contribution in [2.75, 3.05) is 6.54 Å². The predicted octanol–water partition coefficient (Wildman–Crippen LogP) is 3.04. The largest absolute Gasteiger partial charge is 0.372 e. The summed E-state index contributed by atoms with van der Waals surface area (Å²) in [7, 11) is 0. The second kappa shape index (κ2) is 5.22. The SMILES string of the molecule is C=CCNC(=S)c1ccc(Br)cc1F. The maximum atomic E-state index is 13.3. The molecular formula is C10H9BrFNS. The first-order chi connectivity index (χ1) is 6.65. The van der Waals surface area contributed by atoms with E-state index < -0.39 is 0 Å². The molecule has 0 fully saturated rings. The molecule has 0 saturated heterocycles. The lowest BCUT2D eigenvalue weighted by molar-refractivity contribution is 0.624. The molecule has 0 aromatic heterocycles. The second-order valence-electron chi connectivity index (χ2n) is 2.62. The van der Waals surface area contributed by atoms with Crippen LogP contribution < -0.4 is 5.32 Å². The molecule has 1 aromatic rings. The van der Waals surface area contributed by atoms with Gasteiger partial charge in [0.2, 0.25) is 0 Å². The number of thiocarbonyl (C=S) groups is 1. The Morgan fingerprint density at radius 2 is 2.36 bits per heavy atom. The molecule has 0 aliphatic carbocycles. The highest BCUT2D eigenvalue weighted by molar-refractivity contribution is 9.10. The molecule has 0 atom stereocenters. The van der Waals surface area contributed by atoms with Gasteiger partial charge < -0.3 is 5.32 Å². The minimum atomic E-state index is -0.332. The number of halogens is 2. The van der Waals surface area contributed by atoms with Crippen LogP contribution in [0.5, 0.6) is 0 Å². The van der Waals surface area contributed by atoms with E-state index in [1.54, 1.807) is 18.2 Å². The van der Waals surface area contributed by atoms with E-state index in [0.29, 0.717) is 21.6 Å². The van der Waals surface area contributed by atoms with Crippen LogP contribution >= 0.6 is 28.1 Å². The zero-order valence-corrected chi connectivity index (χ0v) is 9.79. The number of hydrogen-bond acceptors (Lipinski definition) is 1. The first-order valence-electron chi connectivity index (χ1n) is 3.99. The molecule has 0 aliphatic rings. The number of benzene rings is 1. The summed E-state index contributed by atoms with van der Waals surface area (Å²) in [6.07, 6.45) is 1.67. The van der Waals surface area contributed by atoms with Crippen LogP contribution in [-0.4, -0.2) is 11.5 Å². The monoisotopic (exact) mass is 273 g/mol. The van der Waals surface area contributed by atoms with Crippen LogP contribution in [0.1, 0.15) is 5.56 Å². The Labute approximate surface area is 96.1 Å². The van der Waals surface area contributed by atoms with Crippen molar-refractivity contribution in [1.29, 1.82) is 0 Å². The quantitative estimate of drug-likeness (QED) is 0.671. The van der Waals surface area contributed by atoms with E-state index in [-0.39, 0.29) is 5.82 Å². The lowest BCUT2D eigenvalue weighted by Crippen LogP contribution is -2.23. The summed E-state index contributed by atoms with van der Waals surface area (Å²) >= 11 is 8.18. The first kappa shape index (κ1) is 11.3. The number of hydrogen-bond donors (Lipinski definition) is 1. The average molecular weight is 274 g/mol. The van der Waals surface area contributed by atoms with Gasteiger partial charge in [-0.05, 0) is 18.2 Å². The lowest BCUT2D eigenvalue weighted by Gasteiger charge is -2.06. The van der Waals surface area contributed by atoms with E-state index in [0.717, 1.165) is 0 Å². The molecule has 0 unspecified atom stereocenters. The fraction of sp³-hybridized carbons (Fsp3) is 0.100. The average Bonchev–Trinajstić information content (AvgIpc) is 2.14. The smallest absolute Gasteiger partial charge is 0.134 e. The van der Waals surface area contributed by atoms with Crippen molar-refractivity contribution in [1.82, 2.24) is 5.32 Å². The molecule has 74 valence electrons. The Morgan fingerprint density at radius 1 is 1.64 bits per heavy atom. The third-order valence-electron chi connectivity index (χ3n) is 1.58. The van der Waals surface area contributed by atoms with Gasteiger partial charge >= 0.3 is 0 Å². The van der Waals surface area contributed by atoms with Crippen molar-refractivity contribution >= 4 is 33.1 Å². The second-order valence-corrected chi connectivity index (χ2v) is 3.95. The van der Waals surface area contributed by atoms with Crippen molar-refractivity contribution in [2.45, 2.75) is 0 Å². The van der Waals surface area contributed by atoms with Crippen molar-refractivity contribution in [2.24, 2.45) is 0 Å². The summed E-state index contributed by atoms with van der Waals surface area (Å²) in [5.74, 6) is -0.332. The van der Waals surface area contributed by atoms with Crippen LogP contribution in [0.3, 0.4) is 0 Å². The van der Waals surface area contributed by atoms with E-state index >= 15 is 0 Å². The van der Waals surface area contributed by atoms with Gasteiger partial charge in [-0.15, -0.1) is 6.58 Å². The first-order valence-corrected chi connectivity index (χ1v) is 5.19. The zero-order valence-electron chi connectivity index (χ0n) is 7.39. The van der Waals surface area contributed by atoms with Gasteiger partial charge in [0.25, 0.3) is 0 Å². The maximum absolute atomic E-state index is 13.3. The summed E-state index contributed by atoms with van der Waals surface area (Å²) in [4.78, 5) is 0.398. The highest BCUT2D eigenvalue weighted by atomic mass is 79.9. The summed E-state index contributed by atoms with van der Waals surface area (Å²) in [6, 6.07) is 4.77. The van der Waals surface area contributed by atoms with Gasteiger partial charge in [0.15, 0.2) is 0 Å². The predicted molar refractivity (Wildman–Crippen MR) is 64.0 cm³/mol. The van der Waals surface area contributed by atoms with Crippen LogP contribution in [0.25, 0.3) is 0 Å². The molecule has 1 nitrogen and oxygen atoms in total. The standard InChI is InChI=1S/C10H9BrFNS/c1-2-5-13-10(14)8-4-3-7(11)6-9(8)12/h2-4,6H,1,5H2,(H,13,14). The van der Waals surface area contributed by atoms with E-state index in [1.807, 2.05) is 0 Å². The van der Waals surface area contributed by atoms with E-state index in [2.05, 4.69) is 27.8 Å². The topological polar surface area (TPSA) is 12.0 Å². The highest BCUT2D eigenvalue weighted by Gasteiger charge is 2.06. The Kier molecular flexibility index (Phi) is 4.22. The molecule has 0 radical (unpaired) electrons. The Hall–Kier alpha value is -0.740. The Balaban J connectivity index is 2.84. The van der Waals surface area contributed by atoms with Crippen LogP contribution in [-0.2, 0) is 0 Å². The van der Waals surface area contributed by atoms with Gasteiger partial charge in [-0.25, -0.2) is 4.39 Å². The van der Waals surface area contributed by atoms with Crippen molar-refractivity contribution < 1.29 is 4.39 Å². The maximum Gasteiger partial charge on any atom is 0.134 e. The molecule has 0 spiro atoms. The zero-order chi connectivity index (χ0) is 10.6. The Bertz CT molecular complexity index is 365. The van der Waals surface area contributed by atoms with E-state index in [9.17, 15) is 4.39 Å². The molecule has 1 aromatic carbocycles. The third kappa shape index (κ3) is 2.89. The molecule has 14 heavy (non-hydrogen) atoms. The van der Waals surface area contributed by atoms with Gasteiger partial charge in [-0.2, -0.15) is 0 Å². The fourth-order valence-electron chi connectivity index (χ4n) is 0.934. The third-order valence-corrected chi connectivity index (χ3v) is 2.44. The normalized spacial score (nSPS) is 9.57. The minimum absolute atomic E-state index is 0.332. The van der Waals surface area contributed by atoms with Crippen LogP contribution in [0, 0.1) is 5.82 Å². The molecule has 1 N–H and O–H groups in total. The fourth-order valence-corrected chi connectivity index (χ4v) is 1.52. The van der Waals surface area contributed by atoms with Crippen molar-refractivity contribution in [3.05, 3.63) is 46.7 Å². The number of nitrogens with one attached hydrogen (secondary N) is 1. The van der Waals surface area contributed by atoms with Gasteiger partial charge in [-0.3, -0.25) is 0 Å².